The average molecular weight is 367 g/mol. The van der Waals surface area contributed by atoms with Gasteiger partial charge in [-0.15, -0.1) is 0 Å². The minimum atomic E-state index is -4.11. The van der Waals surface area contributed by atoms with Crippen LogP contribution in [-0.4, -0.2) is 35.2 Å². The summed E-state index contributed by atoms with van der Waals surface area (Å²) >= 11 is 0. The van der Waals surface area contributed by atoms with Gasteiger partial charge in [0.1, 0.15) is 18.1 Å². The van der Waals surface area contributed by atoms with E-state index in [1.165, 1.54) is 43.5 Å². The Morgan fingerprint density at radius 3 is 2.44 bits per heavy atom. The second-order valence-corrected chi connectivity index (χ2v) is 7.06. The lowest BCUT2D eigenvalue weighted by Gasteiger charge is -2.23. The van der Waals surface area contributed by atoms with Crippen molar-refractivity contribution in [2.24, 2.45) is 0 Å². The number of anilines is 1. The molecule has 0 fully saturated rings. The van der Waals surface area contributed by atoms with Gasteiger partial charge in [0.25, 0.3) is 10.0 Å². The highest BCUT2D eigenvalue weighted by Gasteiger charge is 2.28. The molecule has 0 heterocycles. The van der Waals surface area contributed by atoms with Gasteiger partial charge in [0.2, 0.25) is 0 Å². The van der Waals surface area contributed by atoms with Crippen LogP contribution in [0, 0.1) is 12.7 Å². The zero-order valence-electron chi connectivity index (χ0n) is 14.0. The fourth-order valence-corrected chi connectivity index (χ4v) is 3.75. The highest BCUT2D eigenvalue weighted by atomic mass is 32.2. The van der Waals surface area contributed by atoms with E-state index in [0.717, 1.165) is 17.5 Å². The topological polar surface area (TPSA) is 72.9 Å². The Morgan fingerprint density at radius 1 is 1.16 bits per heavy atom. The molecule has 0 aliphatic carbocycles. The third-order valence-electron chi connectivity index (χ3n) is 3.55. The maximum absolute atomic E-state index is 13.5. The molecule has 0 unspecified atom stereocenters. The van der Waals surface area contributed by atoms with Gasteiger partial charge < -0.3 is 9.47 Å². The molecule has 0 aliphatic heterocycles. The van der Waals surface area contributed by atoms with Crippen molar-refractivity contribution >= 4 is 21.7 Å². The molecule has 0 saturated carbocycles. The van der Waals surface area contributed by atoms with Gasteiger partial charge >= 0.3 is 5.97 Å². The molecule has 0 radical (unpaired) electrons. The van der Waals surface area contributed by atoms with Gasteiger partial charge in [0.05, 0.1) is 24.8 Å². The number of rotatable bonds is 6. The van der Waals surface area contributed by atoms with E-state index in [9.17, 15) is 17.6 Å². The predicted molar refractivity (Wildman–Crippen MR) is 90.7 cm³/mol. The molecular formula is C17H18FNO5S. The van der Waals surface area contributed by atoms with Crippen LogP contribution < -0.4 is 9.04 Å². The van der Waals surface area contributed by atoms with Crippen molar-refractivity contribution in [1.29, 1.82) is 0 Å². The van der Waals surface area contributed by atoms with E-state index in [4.69, 9.17) is 4.74 Å². The number of carbonyl (C=O) groups excluding carboxylic acids is 1. The number of methoxy groups -OCH3 is 2. The molecule has 2 aromatic carbocycles. The van der Waals surface area contributed by atoms with Crippen molar-refractivity contribution in [3.05, 3.63) is 53.8 Å². The highest BCUT2D eigenvalue weighted by Crippen LogP contribution is 2.27. The Kier molecular flexibility index (Phi) is 5.63. The van der Waals surface area contributed by atoms with Crippen molar-refractivity contribution < 1.29 is 27.1 Å². The molecule has 0 atom stereocenters. The molecule has 0 spiro atoms. The Labute approximate surface area is 145 Å². The van der Waals surface area contributed by atoms with E-state index in [0.29, 0.717) is 11.3 Å². The first kappa shape index (κ1) is 18.7. The molecule has 6 nitrogen and oxygen atoms in total. The van der Waals surface area contributed by atoms with Gasteiger partial charge in [-0.1, -0.05) is 6.07 Å². The monoisotopic (exact) mass is 367 g/mol. The zero-order valence-corrected chi connectivity index (χ0v) is 14.8. The first-order valence-electron chi connectivity index (χ1n) is 7.29. The maximum atomic E-state index is 13.5. The summed E-state index contributed by atoms with van der Waals surface area (Å²) in [6.45, 7) is 1.12. The fraction of sp³-hybridized carbons (Fsp3) is 0.235. The molecule has 0 amide bonds. The average Bonchev–Trinajstić information content (AvgIpc) is 2.59. The van der Waals surface area contributed by atoms with Gasteiger partial charge in [0.15, 0.2) is 0 Å². The number of esters is 1. The standard InChI is InChI=1S/C17H18FNO5S/c1-12-9-15(7-8-16(12)23-2)25(21,22)19(11-17(20)24-3)14-6-4-5-13(18)10-14/h4-10H,11H2,1-3H3. The number of sulfonamides is 1. The lowest BCUT2D eigenvalue weighted by molar-refractivity contribution is -0.138. The largest absolute Gasteiger partial charge is 0.496 e. The molecule has 0 aliphatic rings. The number of nitrogens with zero attached hydrogens (tertiary/aromatic N) is 1. The van der Waals surface area contributed by atoms with Gasteiger partial charge in [0, 0.05) is 0 Å². The lowest BCUT2D eigenvalue weighted by Crippen LogP contribution is -2.36. The van der Waals surface area contributed by atoms with Crippen LogP contribution in [0.15, 0.2) is 47.4 Å². The summed E-state index contributed by atoms with van der Waals surface area (Å²) in [6, 6.07) is 9.30. The zero-order chi connectivity index (χ0) is 18.6. The summed E-state index contributed by atoms with van der Waals surface area (Å²) < 4.78 is 50.0. The van der Waals surface area contributed by atoms with E-state index in [2.05, 4.69) is 4.74 Å². The van der Waals surface area contributed by atoms with Gasteiger partial charge in [-0.05, 0) is 48.9 Å². The van der Waals surface area contributed by atoms with E-state index in [1.54, 1.807) is 6.92 Å². The van der Waals surface area contributed by atoms with E-state index in [1.807, 2.05) is 0 Å². The molecular weight excluding hydrogens is 349 g/mol. The van der Waals surface area contributed by atoms with Crippen molar-refractivity contribution in [2.75, 3.05) is 25.1 Å². The molecule has 0 aromatic heterocycles. The Morgan fingerprint density at radius 2 is 1.88 bits per heavy atom. The summed E-state index contributed by atoms with van der Waals surface area (Å²) in [5.41, 5.74) is 0.639. The van der Waals surface area contributed by atoms with Gasteiger partial charge in [-0.25, -0.2) is 12.8 Å². The van der Waals surface area contributed by atoms with Crippen molar-refractivity contribution in [3.63, 3.8) is 0 Å². The van der Waals surface area contributed by atoms with Crippen LogP contribution in [0.25, 0.3) is 0 Å². The summed E-state index contributed by atoms with van der Waals surface area (Å²) in [5, 5.41) is 0. The van der Waals surface area contributed by atoms with Crippen LogP contribution >= 0.6 is 0 Å². The predicted octanol–water partition coefficient (Wildman–Crippen LogP) is 2.51. The van der Waals surface area contributed by atoms with Gasteiger partial charge in [-0.2, -0.15) is 0 Å². The smallest absolute Gasteiger partial charge is 0.326 e. The number of hydrogen-bond donors (Lipinski definition) is 0. The van der Waals surface area contributed by atoms with Crippen LogP contribution in [0.4, 0.5) is 10.1 Å². The molecule has 2 aromatic rings. The quantitative estimate of drug-likeness (QED) is 0.734. The number of halogens is 1. The van der Waals surface area contributed by atoms with E-state index >= 15 is 0 Å². The number of carbonyl (C=O) groups is 1. The third kappa shape index (κ3) is 4.08. The summed E-state index contributed by atoms with van der Waals surface area (Å²) in [4.78, 5) is 11.6. The molecule has 2 rings (SSSR count). The summed E-state index contributed by atoms with van der Waals surface area (Å²) in [7, 11) is -1.49. The molecule has 134 valence electrons. The molecule has 25 heavy (non-hydrogen) atoms. The summed E-state index contributed by atoms with van der Waals surface area (Å²) in [5.74, 6) is -0.851. The number of aryl methyl sites for hydroxylation is 1. The number of hydrogen-bond acceptors (Lipinski definition) is 5. The molecule has 0 saturated heterocycles. The van der Waals surface area contributed by atoms with Crippen molar-refractivity contribution in [2.45, 2.75) is 11.8 Å². The third-order valence-corrected chi connectivity index (χ3v) is 5.32. The number of benzene rings is 2. The molecule has 8 heteroatoms. The minimum Gasteiger partial charge on any atom is -0.496 e. The second-order valence-electron chi connectivity index (χ2n) is 5.20. The Hall–Kier alpha value is -2.61. The van der Waals surface area contributed by atoms with Crippen LogP contribution in [0.1, 0.15) is 5.56 Å². The SMILES string of the molecule is COC(=O)CN(c1cccc(F)c1)S(=O)(=O)c1ccc(OC)c(C)c1. The fourth-order valence-electron chi connectivity index (χ4n) is 2.27. The summed E-state index contributed by atoms with van der Waals surface area (Å²) in [6.07, 6.45) is 0. The van der Waals surface area contributed by atoms with Crippen LogP contribution in [0.2, 0.25) is 0 Å². The first-order valence-corrected chi connectivity index (χ1v) is 8.73. The normalized spacial score (nSPS) is 11.0. The molecule has 0 bridgehead atoms. The van der Waals surface area contributed by atoms with E-state index in [-0.39, 0.29) is 10.6 Å². The van der Waals surface area contributed by atoms with Crippen molar-refractivity contribution in [1.82, 2.24) is 0 Å². The maximum Gasteiger partial charge on any atom is 0.326 e. The lowest BCUT2D eigenvalue weighted by atomic mass is 10.2. The van der Waals surface area contributed by atoms with Crippen LogP contribution in [0.5, 0.6) is 5.75 Å². The van der Waals surface area contributed by atoms with Crippen molar-refractivity contribution in [3.8, 4) is 5.75 Å². The molecule has 0 N–H and O–H groups in total. The number of ether oxygens (including phenoxy) is 2. The highest BCUT2D eigenvalue weighted by molar-refractivity contribution is 7.92. The minimum absolute atomic E-state index is 0.0267. The van der Waals surface area contributed by atoms with Crippen LogP contribution in [0.3, 0.4) is 0 Å². The second kappa shape index (κ2) is 7.52. The van der Waals surface area contributed by atoms with E-state index < -0.39 is 28.4 Å². The Bertz CT molecular complexity index is 882. The van der Waals surface area contributed by atoms with Crippen LogP contribution in [-0.2, 0) is 19.6 Å². The van der Waals surface area contributed by atoms with Gasteiger partial charge in [-0.3, -0.25) is 9.10 Å². The Balaban J connectivity index is 2.55. The first-order chi connectivity index (χ1) is 11.8.